The van der Waals surface area contributed by atoms with Crippen molar-refractivity contribution in [2.24, 2.45) is 0 Å². The van der Waals surface area contributed by atoms with Crippen LogP contribution in [0.25, 0.3) is 0 Å². The lowest BCUT2D eigenvalue weighted by atomic mass is 10.1. The highest BCUT2D eigenvalue weighted by Gasteiger charge is 2.39. The van der Waals surface area contributed by atoms with Crippen LogP contribution in [0.2, 0.25) is 5.02 Å². The van der Waals surface area contributed by atoms with E-state index < -0.39 is 54.3 Å². The largest absolute Gasteiger partial charge is 0.418 e. The molecule has 0 saturated carbocycles. The quantitative estimate of drug-likeness (QED) is 0.553. The van der Waals surface area contributed by atoms with Gasteiger partial charge >= 0.3 is 6.18 Å². The Hall–Kier alpha value is -3.48. The van der Waals surface area contributed by atoms with Crippen LogP contribution in [0.3, 0.4) is 0 Å². The lowest BCUT2D eigenvalue weighted by molar-refractivity contribution is -0.394. The number of rotatable bonds is 5. The van der Waals surface area contributed by atoms with Crippen molar-refractivity contribution in [3.05, 3.63) is 71.3 Å². The minimum Gasteiger partial charge on any atom is -0.349 e. The molecular weight excluding hydrogens is 401 g/mol. The lowest BCUT2D eigenvalue weighted by Crippen LogP contribution is -2.12. The fraction of sp³-hybridized carbons (Fsp3) is 0.0769. The number of nitrogens with one attached hydrogen (secondary N) is 1. The van der Waals surface area contributed by atoms with Crippen LogP contribution in [0.5, 0.6) is 0 Å². The van der Waals surface area contributed by atoms with E-state index in [-0.39, 0.29) is 11.8 Å². The Balaban J connectivity index is 2.67. The van der Waals surface area contributed by atoms with Crippen molar-refractivity contribution in [1.82, 2.24) is 0 Å². The summed E-state index contributed by atoms with van der Waals surface area (Å²) in [5, 5.41) is 34.3. The van der Waals surface area contributed by atoms with Crippen LogP contribution in [-0.4, -0.2) is 14.8 Å². The van der Waals surface area contributed by atoms with Crippen LogP contribution in [0.15, 0.2) is 30.3 Å². The Morgan fingerprint density at radius 1 is 0.889 bits per heavy atom. The van der Waals surface area contributed by atoms with Crippen LogP contribution in [-0.2, 0) is 6.18 Å². The predicted molar refractivity (Wildman–Crippen MR) is 86.1 cm³/mol. The molecule has 0 spiro atoms. The molecule has 0 heterocycles. The third kappa shape index (κ3) is 4.20. The molecule has 1 N–H and O–H groups in total. The van der Waals surface area contributed by atoms with Crippen molar-refractivity contribution in [1.29, 1.82) is 0 Å². The summed E-state index contributed by atoms with van der Waals surface area (Å²) < 4.78 is 39.9. The first-order valence-corrected chi connectivity index (χ1v) is 7.04. The maximum Gasteiger partial charge on any atom is 0.418 e. The van der Waals surface area contributed by atoms with Gasteiger partial charge in [0.25, 0.3) is 17.1 Å². The van der Waals surface area contributed by atoms with Crippen LogP contribution in [0, 0.1) is 30.3 Å². The molecule has 14 heteroatoms. The van der Waals surface area contributed by atoms with Gasteiger partial charge in [-0.3, -0.25) is 30.3 Å². The highest BCUT2D eigenvalue weighted by Crippen LogP contribution is 2.44. The first-order chi connectivity index (χ1) is 12.4. The van der Waals surface area contributed by atoms with Gasteiger partial charge in [-0.2, -0.15) is 13.2 Å². The molecular formula is C13H6ClF3N4O6. The van der Waals surface area contributed by atoms with Gasteiger partial charge in [0.05, 0.1) is 26.4 Å². The number of non-ortho nitro benzene ring substituents is 1. The molecule has 2 rings (SSSR count). The van der Waals surface area contributed by atoms with Crippen molar-refractivity contribution in [2.45, 2.75) is 6.18 Å². The molecule has 2 aromatic rings. The number of nitrogens with zero attached hydrogens (tertiary/aromatic N) is 3. The van der Waals surface area contributed by atoms with E-state index in [0.717, 1.165) is 18.2 Å². The van der Waals surface area contributed by atoms with Crippen molar-refractivity contribution >= 4 is 40.0 Å². The predicted octanol–water partition coefficient (Wildman–Crippen LogP) is 4.83. The second kappa shape index (κ2) is 7.03. The van der Waals surface area contributed by atoms with Gasteiger partial charge in [0.2, 0.25) is 0 Å². The molecule has 0 fully saturated rings. The van der Waals surface area contributed by atoms with E-state index in [2.05, 4.69) is 5.32 Å². The molecule has 0 atom stereocenters. The number of halogens is 4. The summed E-state index contributed by atoms with van der Waals surface area (Å²) in [6.07, 6.45) is -5.16. The molecule has 142 valence electrons. The van der Waals surface area contributed by atoms with Gasteiger partial charge in [0.1, 0.15) is 10.7 Å². The molecule has 0 aliphatic carbocycles. The van der Waals surface area contributed by atoms with Gasteiger partial charge in [-0.1, -0.05) is 11.6 Å². The Morgan fingerprint density at radius 2 is 1.48 bits per heavy atom. The second-order valence-electron chi connectivity index (χ2n) is 4.95. The molecule has 0 aliphatic rings. The van der Waals surface area contributed by atoms with Gasteiger partial charge < -0.3 is 5.32 Å². The van der Waals surface area contributed by atoms with Crippen molar-refractivity contribution < 1.29 is 27.9 Å². The summed E-state index contributed by atoms with van der Waals surface area (Å²) in [4.78, 5) is 29.4. The zero-order valence-corrected chi connectivity index (χ0v) is 13.4. The smallest absolute Gasteiger partial charge is 0.349 e. The lowest BCUT2D eigenvalue weighted by Gasteiger charge is -2.15. The molecule has 0 saturated heterocycles. The molecule has 0 aliphatic heterocycles. The SMILES string of the molecule is O=[N+]([O-])c1cc([N+](=O)[O-])c(Nc2ccc([N+](=O)[O-])c(Cl)c2)c(C(F)(F)F)c1. The highest BCUT2D eigenvalue weighted by atomic mass is 35.5. The first-order valence-electron chi connectivity index (χ1n) is 6.66. The molecule has 0 bridgehead atoms. The van der Waals surface area contributed by atoms with E-state index in [9.17, 15) is 43.5 Å². The molecule has 0 amide bonds. The minimum absolute atomic E-state index is 0.141. The number of benzene rings is 2. The average Bonchev–Trinajstić information content (AvgIpc) is 2.53. The van der Waals surface area contributed by atoms with Crippen molar-refractivity contribution in [2.75, 3.05) is 5.32 Å². The summed E-state index contributed by atoms with van der Waals surface area (Å²) in [5.41, 5.74) is -5.81. The number of hydrogen-bond donors (Lipinski definition) is 1. The maximum atomic E-state index is 13.3. The standard InChI is InChI=1S/C13H6ClF3N4O6/c14-9-3-6(1-2-10(9)20(24)25)18-12-8(13(15,16)17)4-7(19(22)23)5-11(12)21(26)27/h1-5,18H. The number of hydrogen-bond acceptors (Lipinski definition) is 7. The van der Waals surface area contributed by atoms with Gasteiger partial charge in [-0.15, -0.1) is 0 Å². The summed E-state index contributed by atoms with van der Waals surface area (Å²) in [6, 6.07) is 3.27. The van der Waals surface area contributed by atoms with E-state index in [4.69, 9.17) is 11.6 Å². The van der Waals surface area contributed by atoms with Crippen molar-refractivity contribution in [3.63, 3.8) is 0 Å². The number of alkyl halides is 3. The number of nitro groups is 3. The van der Waals surface area contributed by atoms with E-state index in [0.29, 0.717) is 6.07 Å². The minimum atomic E-state index is -5.16. The van der Waals surface area contributed by atoms with Crippen molar-refractivity contribution in [3.8, 4) is 0 Å². The summed E-state index contributed by atoms with van der Waals surface area (Å²) >= 11 is 5.66. The molecule has 10 nitrogen and oxygen atoms in total. The summed E-state index contributed by atoms with van der Waals surface area (Å²) in [5.74, 6) is 0. The Labute approximate surface area is 151 Å². The van der Waals surface area contributed by atoms with Crippen LogP contribution < -0.4 is 5.32 Å². The molecule has 27 heavy (non-hydrogen) atoms. The van der Waals surface area contributed by atoms with Crippen LogP contribution in [0.4, 0.5) is 41.6 Å². The fourth-order valence-electron chi connectivity index (χ4n) is 2.09. The highest BCUT2D eigenvalue weighted by molar-refractivity contribution is 6.32. The molecule has 0 aromatic heterocycles. The van der Waals surface area contributed by atoms with Gasteiger partial charge in [-0.25, -0.2) is 0 Å². The van der Waals surface area contributed by atoms with Crippen LogP contribution in [0.1, 0.15) is 5.56 Å². The molecule has 0 radical (unpaired) electrons. The fourth-order valence-corrected chi connectivity index (χ4v) is 2.34. The monoisotopic (exact) mass is 406 g/mol. The Kier molecular flexibility index (Phi) is 5.16. The zero-order valence-electron chi connectivity index (χ0n) is 12.7. The zero-order chi connectivity index (χ0) is 20.5. The number of anilines is 2. The second-order valence-corrected chi connectivity index (χ2v) is 5.35. The topological polar surface area (TPSA) is 141 Å². The van der Waals surface area contributed by atoms with E-state index in [1.165, 1.54) is 0 Å². The van der Waals surface area contributed by atoms with Gasteiger partial charge in [0, 0.05) is 17.8 Å². The third-order valence-electron chi connectivity index (χ3n) is 3.23. The van der Waals surface area contributed by atoms with Gasteiger partial charge in [-0.05, 0) is 12.1 Å². The molecule has 0 unspecified atom stereocenters. The third-order valence-corrected chi connectivity index (χ3v) is 3.53. The normalized spacial score (nSPS) is 11.1. The van der Waals surface area contributed by atoms with Gasteiger partial charge in [0.15, 0.2) is 0 Å². The Morgan fingerprint density at radius 3 is 1.93 bits per heavy atom. The average molecular weight is 407 g/mol. The number of nitro benzene ring substituents is 3. The molecule has 2 aromatic carbocycles. The van der Waals surface area contributed by atoms with E-state index in [1.807, 2.05) is 0 Å². The summed E-state index contributed by atoms with van der Waals surface area (Å²) in [7, 11) is 0. The van der Waals surface area contributed by atoms with E-state index in [1.54, 1.807) is 0 Å². The van der Waals surface area contributed by atoms with E-state index >= 15 is 0 Å². The Bertz CT molecular complexity index is 966. The maximum absolute atomic E-state index is 13.3. The first kappa shape index (κ1) is 19.8. The van der Waals surface area contributed by atoms with Crippen LogP contribution >= 0.6 is 11.6 Å². The summed E-state index contributed by atoms with van der Waals surface area (Å²) in [6.45, 7) is 0.